The van der Waals surface area contributed by atoms with Crippen LogP contribution in [0.3, 0.4) is 0 Å². The third kappa shape index (κ3) is 4.31. The maximum Gasteiger partial charge on any atom is 0.277 e. The molecule has 0 spiro atoms. The summed E-state index contributed by atoms with van der Waals surface area (Å²) in [5.41, 5.74) is 2.53. The highest BCUT2D eigenvalue weighted by atomic mass is 32.2. The van der Waals surface area contributed by atoms with Gasteiger partial charge in [0.1, 0.15) is 0 Å². The molecule has 0 aliphatic rings. The molecule has 1 atom stereocenters. The summed E-state index contributed by atoms with van der Waals surface area (Å²) in [4.78, 5) is 12.7. The van der Waals surface area contributed by atoms with Crippen LogP contribution < -0.4 is 9.47 Å². The van der Waals surface area contributed by atoms with E-state index in [2.05, 4.69) is 10.2 Å². The molecule has 1 unspecified atom stereocenters. The number of methoxy groups -OCH3 is 2. The molecule has 0 fully saturated rings. The molecule has 27 heavy (non-hydrogen) atoms. The minimum atomic E-state index is -0.394. The number of Topliss-reactive ketones (excluding diaryl/α,β-unsaturated/α-hetero) is 1. The zero-order valence-corrected chi connectivity index (χ0v) is 16.4. The molecular weight excluding hydrogens is 364 g/mol. The molecule has 3 rings (SSSR count). The Bertz CT molecular complexity index is 937. The molecule has 0 saturated carbocycles. The van der Waals surface area contributed by atoms with E-state index in [1.165, 1.54) is 18.9 Å². The van der Waals surface area contributed by atoms with Gasteiger partial charge in [0, 0.05) is 11.1 Å². The van der Waals surface area contributed by atoms with Gasteiger partial charge in [-0.05, 0) is 44.2 Å². The summed E-state index contributed by atoms with van der Waals surface area (Å²) in [6, 6.07) is 12.9. The highest BCUT2D eigenvalue weighted by Crippen LogP contribution is 2.31. The van der Waals surface area contributed by atoms with Gasteiger partial charge >= 0.3 is 0 Å². The summed E-state index contributed by atoms with van der Waals surface area (Å²) in [6.07, 6.45) is 0. The number of benzene rings is 2. The van der Waals surface area contributed by atoms with E-state index < -0.39 is 5.25 Å². The smallest absolute Gasteiger partial charge is 0.277 e. The standard InChI is InChI=1S/C20H20N2O4S/c1-12-5-7-14(8-6-12)19-21-22-20(26-19)27-13(2)18(23)15-9-10-16(24-3)17(11-15)25-4/h5-11,13H,1-4H3. The highest BCUT2D eigenvalue weighted by Gasteiger charge is 2.21. The number of thioether (sulfide) groups is 1. The number of nitrogens with zero attached hydrogens (tertiary/aromatic N) is 2. The number of carbonyl (C=O) groups excluding carboxylic acids is 1. The van der Waals surface area contributed by atoms with Crippen LogP contribution in [-0.4, -0.2) is 35.5 Å². The zero-order valence-electron chi connectivity index (χ0n) is 15.6. The van der Waals surface area contributed by atoms with Crippen molar-refractivity contribution in [3.8, 4) is 23.0 Å². The summed E-state index contributed by atoms with van der Waals surface area (Å²) in [7, 11) is 3.09. The molecular formula is C20H20N2O4S. The SMILES string of the molecule is COc1ccc(C(=O)C(C)Sc2nnc(-c3ccc(C)cc3)o2)cc1OC. The zero-order chi connectivity index (χ0) is 19.4. The third-order valence-corrected chi connectivity index (χ3v) is 4.95. The molecule has 0 N–H and O–H groups in total. The first kappa shape index (κ1) is 19.0. The van der Waals surface area contributed by atoms with Crippen molar-refractivity contribution in [1.82, 2.24) is 10.2 Å². The predicted molar refractivity (Wildman–Crippen MR) is 104 cm³/mol. The van der Waals surface area contributed by atoms with E-state index in [0.29, 0.717) is 28.2 Å². The second-order valence-electron chi connectivity index (χ2n) is 5.93. The van der Waals surface area contributed by atoms with Crippen LogP contribution in [0.4, 0.5) is 0 Å². The summed E-state index contributed by atoms with van der Waals surface area (Å²) >= 11 is 1.23. The maximum absolute atomic E-state index is 12.7. The van der Waals surface area contributed by atoms with Crippen molar-refractivity contribution in [3.63, 3.8) is 0 Å². The Hall–Kier alpha value is -2.80. The van der Waals surface area contributed by atoms with Gasteiger partial charge in [-0.15, -0.1) is 10.2 Å². The lowest BCUT2D eigenvalue weighted by Crippen LogP contribution is -2.13. The van der Waals surface area contributed by atoms with Crippen LogP contribution in [0.5, 0.6) is 11.5 Å². The van der Waals surface area contributed by atoms with Gasteiger partial charge in [-0.1, -0.05) is 29.5 Å². The number of ketones is 1. The van der Waals surface area contributed by atoms with Crippen LogP contribution in [0, 0.1) is 6.92 Å². The van der Waals surface area contributed by atoms with Gasteiger partial charge in [-0.3, -0.25) is 4.79 Å². The Kier molecular flexibility index (Phi) is 5.81. The lowest BCUT2D eigenvalue weighted by atomic mass is 10.1. The first-order valence-corrected chi connectivity index (χ1v) is 9.23. The largest absolute Gasteiger partial charge is 0.493 e. The lowest BCUT2D eigenvalue weighted by molar-refractivity contribution is 0.0993. The van der Waals surface area contributed by atoms with Crippen LogP contribution in [-0.2, 0) is 0 Å². The van der Waals surface area contributed by atoms with Gasteiger partial charge in [0.25, 0.3) is 5.22 Å². The number of ether oxygens (including phenoxy) is 2. The number of hydrogen-bond acceptors (Lipinski definition) is 7. The van der Waals surface area contributed by atoms with Crippen LogP contribution in [0.1, 0.15) is 22.8 Å². The minimum absolute atomic E-state index is 0.0592. The fraction of sp³-hybridized carbons (Fsp3) is 0.250. The lowest BCUT2D eigenvalue weighted by Gasteiger charge is -2.11. The quantitative estimate of drug-likeness (QED) is 0.441. The Morgan fingerprint density at radius 2 is 1.74 bits per heavy atom. The molecule has 6 nitrogen and oxygen atoms in total. The molecule has 1 heterocycles. The van der Waals surface area contributed by atoms with Gasteiger partial charge in [0.15, 0.2) is 17.3 Å². The summed E-state index contributed by atoms with van der Waals surface area (Å²) in [5, 5.41) is 8.07. The Morgan fingerprint density at radius 3 is 2.41 bits per heavy atom. The molecule has 7 heteroatoms. The number of hydrogen-bond donors (Lipinski definition) is 0. The van der Waals surface area contributed by atoms with E-state index in [4.69, 9.17) is 13.9 Å². The van der Waals surface area contributed by atoms with E-state index in [0.717, 1.165) is 11.1 Å². The second kappa shape index (κ2) is 8.26. The molecule has 1 aromatic heterocycles. The summed E-state index contributed by atoms with van der Waals surface area (Å²) in [6.45, 7) is 3.82. The number of aryl methyl sites for hydroxylation is 1. The Balaban J connectivity index is 1.72. The predicted octanol–water partition coefficient (Wildman–Crippen LogP) is 4.43. The van der Waals surface area contributed by atoms with E-state index in [1.54, 1.807) is 32.2 Å². The topological polar surface area (TPSA) is 74.5 Å². The molecule has 0 bridgehead atoms. The van der Waals surface area contributed by atoms with Gasteiger partial charge < -0.3 is 13.9 Å². The third-order valence-electron chi connectivity index (χ3n) is 4.02. The fourth-order valence-electron chi connectivity index (χ4n) is 2.50. The molecule has 0 aliphatic carbocycles. The van der Waals surface area contributed by atoms with Gasteiger partial charge in [0.2, 0.25) is 5.89 Å². The van der Waals surface area contributed by atoms with Gasteiger partial charge in [0.05, 0.1) is 19.5 Å². The van der Waals surface area contributed by atoms with E-state index in [9.17, 15) is 4.79 Å². The first-order valence-electron chi connectivity index (χ1n) is 8.35. The molecule has 0 amide bonds. The van der Waals surface area contributed by atoms with Crippen LogP contribution in [0.15, 0.2) is 52.1 Å². The minimum Gasteiger partial charge on any atom is -0.493 e. The summed E-state index contributed by atoms with van der Waals surface area (Å²) < 4.78 is 16.2. The molecule has 140 valence electrons. The van der Waals surface area contributed by atoms with Crippen LogP contribution >= 0.6 is 11.8 Å². The van der Waals surface area contributed by atoms with Crippen molar-refractivity contribution in [2.24, 2.45) is 0 Å². The van der Waals surface area contributed by atoms with Crippen molar-refractivity contribution < 1.29 is 18.7 Å². The van der Waals surface area contributed by atoms with Crippen LogP contribution in [0.2, 0.25) is 0 Å². The van der Waals surface area contributed by atoms with Crippen molar-refractivity contribution in [2.75, 3.05) is 14.2 Å². The maximum atomic E-state index is 12.7. The Labute approximate surface area is 161 Å². The van der Waals surface area contributed by atoms with E-state index >= 15 is 0 Å². The average molecular weight is 384 g/mol. The summed E-state index contributed by atoms with van der Waals surface area (Å²) in [5.74, 6) is 1.47. The van der Waals surface area contributed by atoms with Crippen molar-refractivity contribution in [1.29, 1.82) is 0 Å². The highest BCUT2D eigenvalue weighted by molar-refractivity contribution is 8.00. The number of aromatic nitrogens is 2. The normalized spacial score (nSPS) is 11.9. The molecule has 0 saturated heterocycles. The van der Waals surface area contributed by atoms with Gasteiger partial charge in [-0.2, -0.15) is 0 Å². The molecule has 0 radical (unpaired) electrons. The molecule has 2 aromatic carbocycles. The Morgan fingerprint density at radius 1 is 1.04 bits per heavy atom. The monoisotopic (exact) mass is 384 g/mol. The molecule has 0 aliphatic heterocycles. The second-order valence-corrected chi connectivity index (χ2v) is 7.23. The first-order chi connectivity index (χ1) is 13.0. The average Bonchev–Trinajstić information content (AvgIpc) is 3.15. The molecule has 3 aromatic rings. The van der Waals surface area contributed by atoms with Crippen molar-refractivity contribution >= 4 is 17.5 Å². The van der Waals surface area contributed by atoms with E-state index in [-0.39, 0.29) is 5.78 Å². The van der Waals surface area contributed by atoms with Crippen molar-refractivity contribution in [3.05, 3.63) is 53.6 Å². The van der Waals surface area contributed by atoms with Gasteiger partial charge in [-0.25, -0.2) is 0 Å². The number of rotatable bonds is 7. The van der Waals surface area contributed by atoms with Crippen LogP contribution in [0.25, 0.3) is 11.5 Å². The van der Waals surface area contributed by atoms with Crippen molar-refractivity contribution in [2.45, 2.75) is 24.3 Å². The van der Waals surface area contributed by atoms with E-state index in [1.807, 2.05) is 31.2 Å². The number of carbonyl (C=O) groups is 1. The fourth-order valence-corrected chi connectivity index (χ4v) is 3.26.